The first-order chi connectivity index (χ1) is 5.60. The summed E-state index contributed by atoms with van der Waals surface area (Å²) in [5, 5.41) is -0.0282. The van der Waals surface area contributed by atoms with E-state index in [2.05, 4.69) is 16.7 Å². The molecule has 0 unspecified atom stereocenters. The molecule has 0 saturated heterocycles. The Morgan fingerprint density at radius 2 is 2.25 bits per heavy atom. The Labute approximate surface area is 76.9 Å². The number of nitrogens with zero attached hydrogens (tertiary/aromatic N) is 2. The molecule has 0 N–H and O–H groups in total. The molecule has 0 aromatic rings. The van der Waals surface area contributed by atoms with Crippen LogP contribution in [0.5, 0.6) is 0 Å². The molecule has 0 aliphatic rings. The first kappa shape index (κ1) is 11.3. The summed E-state index contributed by atoms with van der Waals surface area (Å²) in [4.78, 5) is 7.03. The molecule has 68 valence electrons. The van der Waals surface area contributed by atoms with Crippen LogP contribution < -0.4 is 0 Å². The number of amidine groups is 1. The van der Waals surface area contributed by atoms with Crippen molar-refractivity contribution in [3.63, 3.8) is 0 Å². The van der Waals surface area contributed by atoms with Gasteiger partial charge in [0.2, 0.25) is 5.29 Å². The van der Waals surface area contributed by atoms with Crippen LogP contribution in [0.15, 0.2) is 22.0 Å². The van der Waals surface area contributed by atoms with Crippen molar-refractivity contribution < 1.29 is 4.39 Å². The van der Waals surface area contributed by atoms with Gasteiger partial charge in [-0.15, -0.1) is 0 Å². The maximum absolute atomic E-state index is 12.1. The van der Waals surface area contributed by atoms with E-state index in [9.17, 15) is 4.39 Å². The second-order valence-electron chi connectivity index (χ2n) is 2.74. The van der Waals surface area contributed by atoms with E-state index in [0.29, 0.717) is 24.4 Å². The van der Waals surface area contributed by atoms with Gasteiger partial charge in [-0.1, -0.05) is 13.8 Å². The van der Waals surface area contributed by atoms with Gasteiger partial charge in [0.25, 0.3) is 0 Å². The molecule has 0 spiro atoms. The third-order valence-electron chi connectivity index (χ3n) is 1.11. The molecule has 0 aliphatic heterocycles. The predicted octanol–water partition coefficient (Wildman–Crippen LogP) is 3.14. The first-order valence-electron chi connectivity index (χ1n) is 3.60. The maximum Gasteiger partial charge on any atom is 0.222 e. The van der Waals surface area contributed by atoms with Crippen molar-refractivity contribution in [3.05, 3.63) is 12.0 Å². The van der Waals surface area contributed by atoms with Gasteiger partial charge in [-0.3, -0.25) is 0 Å². The van der Waals surface area contributed by atoms with E-state index in [4.69, 9.17) is 11.6 Å². The van der Waals surface area contributed by atoms with Gasteiger partial charge in [0.05, 0.1) is 5.70 Å². The average molecular weight is 191 g/mol. The summed E-state index contributed by atoms with van der Waals surface area (Å²) in [6.45, 7) is 7.10. The summed E-state index contributed by atoms with van der Waals surface area (Å²) in [5.74, 6) is 0.338. The Kier molecular flexibility index (Phi) is 5.54. The molecule has 0 aliphatic carbocycles. The standard InChI is InChI=1S/C8H12ClFN2/c1-6(2)4-7(5-10)12-8(9)11-3/h5-6H,3-4H2,1-2H3/b7-5-,12-8?. The molecule has 4 heteroatoms. The molecule has 0 aromatic carbocycles. The normalized spacial score (nSPS) is 13.8. The number of rotatable bonds is 3. The topological polar surface area (TPSA) is 24.7 Å². The lowest BCUT2D eigenvalue weighted by molar-refractivity contribution is 0.614. The molecular formula is C8H12ClFN2. The Morgan fingerprint density at radius 3 is 2.58 bits per heavy atom. The molecular weight excluding hydrogens is 179 g/mol. The van der Waals surface area contributed by atoms with Crippen LogP contribution in [-0.4, -0.2) is 12.0 Å². The van der Waals surface area contributed by atoms with E-state index in [0.717, 1.165) is 0 Å². The molecule has 0 saturated carbocycles. The van der Waals surface area contributed by atoms with Gasteiger partial charge in [0.1, 0.15) is 6.33 Å². The van der Waals surface area contributed by atoms with Crippen LogP contribution in [-0.2, 0) is 0 Å². The van der Waals surface area contributed by atoms with Gasteiger partial charge in [0.15, 0.2) is 0 Å². The van der Waals surface area contributed by atoms with Crippen molar-refractivity contribution in [2.75, 3.05) is 0 Å². The summed E-state index contributed by atoms with van der Waals surface area (Å²) in [7, 11) is 0. The minimum Gasteiger partial charge on any atom is -0.234 e. The summed E-state index contributed by atoms with van der Waals surface area (Å²) in [5.41, 5.74) is 0.294. The zero-order valence-electron chi connectivity index (χ0n) is 7.22. The fraction of sp³-hybridized carbons (Fsp3) is 0.500. The lowest BCUT2D eigenvalue weighted by Crippen LogP contribution is -1.91. The highest BCUT2D eigenvalue weighted by molar-refractivity contribution is 6.65. The average Bonchev–Trinajstić information content (AvgIpc) is 2.02. The van der Waals surface area contributed by atoms with Crippen molar-refractivity contribution in [2.45, 2.75) is 20.3 Å². The van der Waals surface area contributed by atoms with Crippen LogP contribution in [0, 0.1) is 5.92 Å². The molecule has 0 radical (unpaired) electrons. The first-order valence-corrected chi connectivity index (χ1v) is 3.98. The van der Waals surface area contributed by atoms with Crippen LogP contribution in [0.25, 0.3) is 0 Å². The quantitative estimate of drug-likeness (QED) is 0.371. The monoisotopic (exact) mass is 190 g/mol. The van der Waals surface area contributed by atoms with Crippen molar-refractivity contribution in [3.8, 4) is 0 Å². The lowest BCUT2D eigenvalue weighted by Gasteiger charge is -2.02. The summed E-state index contributed by atoms with van der Waals surface area (Å²) in [6.07, 6.45) is 0.982. The lowest BCUT2D eigenvalue weighted by atomic mass is 10.1. The number of hydrogen-bond acceptors (Lipinski definition) is 1. The third-order valence-corrected chi connectivity index (χ3v) is 1.31. The maximum atomic E-state index is 12.1. The van der Waals surface area contributed by atoms with Crippen LogP contribution in [0.1, 0.15) is 20.3 Å². The molecule has 0 atom stereocenters. The van der Waals surface area contributed by atoms with Crippen molar-refractivity contribution in [2.24, 2.45) is 15.9 Å². The molecule has 0 rings (SSSR count). The number of allylic oxidation sites excluding steroid dienone is 1. The molecule has 12 heavy (non-hydrogen) atoms. The van der Waals surface area contributed by atoms with Crippen LogP contribution >= 0.6 is 11.6 Å². The Hall–Kier alpha value is -0.700. The van der Waals surface area contributed by atoms with Gasteiger partial charge < -0.3 is 0 Å². The number of halogens is 2. The SMILES string of the molecule is C=NC(Cl)=N/C(=C\F)CC(C)C. The molecule has 2 nitrogen and oxygen atoms in total. The fourth-order valence-electron chi connectivity index (χ4n) is 0.687. The summed E-state index contributed by atoms with van der Waals surface area (Å²) in [6, 6.07) is 0. The number of aliphatic imine (C=N–C) groups is 2. The molecule has 0 heterocycles. The highest BCUT2D eigenvalue weighted by Crippen LogP contribution is 2.13. The minimum absolute atomic E-state index is 0.0282. The summed E-state index contributed by atoms with van der Waals surface area (Å²) >= 11 is 5.44. The van der Waals surface area contributed by atoms with Gasteiger partial charge in [-0.25, -0.2) is 14.4 Å². The van der Waals surface area contributed by atoms with Crippen molar-refractivity contribution in [1.82, 2.24) is 0 Å². The van der Waals surface area contributed by atoms with E-state index >= 15 is 0 Å². The Morgan fingerprint density at radius 1 is 1.67 bits per heavy atom. The van der Waals surface area contributed by atoms with Gasteiger partial charge in [-0.05, 0) is 30.7 Å². The second-order valence-corrected chi connectivity index (χ2v) is 3.08. The van der Waals surface area contributed by atoms with E-state index < -0.39 is 0 Å². The Balaban J connectivity index is 4.29. The highest BCUT2D eigenvalue weighted by Gasteiger charge is 2.00. The Bertz CT molecular complexity index is 209. The zero-order chi connectivity index (χ0) is 9.56. The molecule has 0 amide bonds. The predicted molar refractivity (Wildman–Crippen MR) is 51.5 cm³/mol. The zero-order valence-corrected chi connectivity index (χ0v) is 7.98. The van der Waals surface area contributed by atoms with Crippen LogP contribution in [0.4, 0.5) is 4.39 Å². The minimum atomic E-state index is -0.0282. The van der Waals surface area contributed by atoms with Crippen LogP contribution in [0.2, 0.25) is 0 Å². The molecule has 0 bridgehead atoms. The van der Waals surface area contributed by atoms with E-state index in [1.165, 1.54) is 0 Å². The second kappa shape index (κ2) is 5.89. The van der Waals surface area contributed by atoms with Crippen LogP contribution in [0.3, 0.4) is 0 Å². The molecule has 0 aromatic heterocycles. The van der Waals surface area contributed by atoms with Gasteiger partial charge >= 0.3 is 0 Å². The van der Waals surface area contributed by atoms with E-state index in [1.807, 2.05) is 13.8 Å². The van der Waals surface area contributed by atoms with Crippen molar-refractivity contribution in [1.29, 1.82) is 0 Å². The highest BCUT2D eigenvalue weighted by atomic mass is 35.5. The van der Waals surface area contributed by atoms with E-state index in [-0.39, 0.29) is 5.29 Å². The van der Waals surface area contributed by atoms with E-state index in [1.54, 1.807) is 0 Å². The van der Waals surface area contributed by atoms with Crippen molar-refractivity contribution >= 4 is 23.6 Å². The third kappa shape index (κ3) is 5.02. The fourth-order valence-corrected chi connectivity index (χ4v) is 0.795. The smallest absolute Gasteiger partial charge is 0.222 e. The summed E-state index contributed by atoms with van der Waals surface area (Å²) < 4.78 is 12.1. The number of hydrogen-bond donors (Lipinski definition) is 0. The molecule has 0 fully saturated rings. The van der Waals surface area contributed by atoms with Gasteiger partial charge in [-0.2, -0.15) is 0 Å². The van der Waals surface area contributed by atoms with Gasteiger partial charge in [0, 0.05) is 0 Å². The largest absolute Gasteiger partial charge is 0.234 e.